The first-order valence-electron chi connectivity index (χ1n) is 6.20. The predicted octanol–water partition coefficient (Wildman–Crippen LogP) is 2.55. The number of nitrogens with one attached hydrogen (secondary N) is 1. The van der Waals surface area contributed by atoms with Crippen LogP contribution in [0.1, 0.15) is 19.5 Å². The van der Waals surface area contributed by atoms with Crippen LogP contribution in [0.5, 0.6) is 0 Å². The van der Waals surface area contributed by atoms with E-state index in [9.17, 15) is 0 Å². The Labute approximate surface area is 108 Å². The minimum Gasteiger partial charge on any atom is -0.301 e. The zero-order chi connectivity index (χ0) is 12.8. The molecule has 0 fully saturated rings. The van der Waals surface area contributed by atoms with Crippen molar-refractivity contribution in [1.29, 1.82) is 0 Å². The van der Waals surface area contributed by atoms with E-state index in [1.807, 2.05) is 47.3 Å². The SMILES string of the molecule is CC(C)CONCc1ccn(-c2ccccc2)n1. The summed E-state index contributed by atoms with van der Waals surface area (Å²) in [5, 5.41) is 4.47. The Bertz CT molecular complexity index is 465. The van der Waals surface area contributed by atoms with Gasteiger partial charge >= 0.3 is 0 Å². The Morgan fingerprint density at radius 1 is 1.22 bits per heavy atom. The van der Waals surface area contributed by atoms with Crippen LogP contribution in [-0.2, 0) is 11.4 Å². The van der Waals surface area contributed by atoms with Crippen molar-refractivity contribution in [3.8, 4) is 5.69 Å². The second-order valence-electron chi connectivity index (χ2n) is 4.61. The smallest absolute Gasteiger partial charge is 0.0790 e. The molecule has 0 aliphatic heterocycles. The number of aromatic nitrogens is 2. The van der Waals surface area contributed by atoms with Gasteiger partial charge in [0.15, 0.2) is 0 Å². The van der Waals surface area contributed by atoms with Gasteiger partial charge in [0.05, 0.1) is 24.5 Å². The molecule has 0 saturated heterocycles. The molecule has 2 aromatic rings. The minimum absolute atomic E-state index is 0.527. The van der Waals surface area contributed by atoms with Gasteiger partial charge in [-0.2, -0.15) is 10.6 Å². The highest BCUT2D eigenvalue weighted by molar-refractivity contribution is 5.30. The van der Waals surface area contributed by atoms with E-state index in [0.29, 0.717) is 19.1 Å². The van der Waals surface area contributed by atoms with Gasteiger partial charge in [-0.05, 0) is 24.1 Å². The van der Waals surface area contributed by atoms with Crippen LogP contribution in [0.4, 0.5) is 0 Å². The second kappa shape index (κ2) is 6.33. The highest BCUT2D eigenvalue weighted by Gasteiger charge is 2.01. The van der Waals surface area contributed by atoms with Crippen LogP contribution in [0.15, 0.2) is 42.6 Å². The van der Waals surface area contributed by atoms with Gasteiger partial charge in [-0.25, -0.2) is 4.68 Å². The number of benzene rings is 1. The lowest BCUT2D eigenvalue weighted by molar-refractivity contribution is 0.0190. The van der Waals surface area contributed by atoms with Crippen molar-refractivity contribution < 1.29 is 4.84 Å². The number of rotatable bonds is 6. The summed E-state index contributed by atoms with van der Waals surface area (Å²) in [7, 11) is 0. The van der Waals surface area contributed by atoms with E-state index in [1.54, 1.807) is 0 Å². The third-order valence-electron chi connectivity index (χ3n) is 2.44. The van der Waals surface area contributed by atoms with Crippen LogP contribution in [0.25, 0.3) is 5.69 Å². The molecule has 18 heavy (non-hydrogen) atoms. The van der Waals surface area contributed by atoms with E-state index < -0.39 is 0 Å². The van der Waals surface area contributed by atoms with Crippen molar-refractivity contribution in [3.05, 3.63) is 48.3 Å². The molecule has 1 N–H and O–H groups in total. The molecule has 0 aliphatic rings. The van der Waals surface area contributed by atoms with E-state index in [-0.39, 0.29) is 0 Å². The Morgan fingerprint density at radius 2 is 2.00 bits per heavy atom. The van der Waals surface area contributed by atoms with Gasteiger partial charge in [-0.15, -0.1) is 0 Å². The molecule has 0 saturated carbocycles. The van der Waals surface area contributed by atoms with Crippen LogP contribution < -0.4 is 5.48 Å². The van der Waals surface area contributed by atoms with Crippen molar-refractivity contribution in [2.24, 2.45) is 5.92 Å². The summed E-state index contributed by atoms with van der Waals surface area (Å²) < 4.78 is 1.86. The molecule has 0 atom stereocenters. The molecule has 96 valence electrons. The molecule has 4 nitrogen and oxygen atoms in total. The summed E-state index contributed by atoms with van der Waals surface area (Å²) >= 11 is 0. The highest BCUT2D eigenvalue weighted by Crippen LogP contribution is 2.06. The predicted molar refractivity (Wildman–Crippen MR) is 71.2 cm³/mol. The Hall–Kier alpha value is -1.65. The summed E-state index contributed by atoms with van der Waals surface area (Å²) in [6.07, 6.45) is 1.95. The maximum Gasteiger partial charge on any atom is 0.0790 e. The normalized spacial score (nSPS) is 11.1. The minimum atomic E-state index is 0.527. The van der Waals surface area contributed by atoms with Crippen LogP contribution >= 0.6 is 0 Å². The molecular weight excluding hydrogens is 226 g/mol. The average molecular weight is 245 g/mol. The Balaban J connectivity index is 1.87. The number of hydrogen-bond donors (Lipinski definition) is 1. The van der Waals surface area contributed by atoms with Crippen LogP contribution in [0.3, 0.4) is 0 Å². The molecule has 1 aromatic carbocycles. The second-order valence-corrected chi connectivity index (χ2v) is 4.61. The molecule has 0 amide bonds. The average Bonchev–Trinajstić information content (AvgIpc) is 2.84. The molecule has 0 radical (unpaired) electrons. The number of hydroxylamine groups is 1. The summed E-state index contributed by atoms with van der Waals surface area (Å²) in [5.74, 6) is 0.527. The summed E-state index contributed by atoms with van der Waals surface area (Å²) in [4.78, 5) is 5.31. The Kier molecular flexibility index (Phi) is 4.50. The lowest BCUT2D eigenvalue weighted by Crippen LogP contribution is -2.17. The lowest BCUT2D eigenvalue weighted by Gasteiger charge is -2.06. The van der Waals surface area contributed by atoms with Gasteiger partial charge in [0, 0.05) is 6.20 Å². The maximum atomic E-state index is 5.31. The number of hydrogen-bond acceptors (Lipinski definition) is 3. The summed E-state index contributed by atoms with van der Waals surface area (Å²) in [6, 6.07) is 12.0. The molecule has 0 bridgehead atoms. The molecule has 2 rings (SSSR count). The number of nitrogens with zero attached hydrogens (tertiary/aromatic N) is 2. The largest absolute Gasteiger partial charge is 0.301 e. The third kappa shape index (κ3) is 3.68. The van der Waals surface area contributed by atoms with Crippen molar-refractivity contribution in [2.45, 2.75) is 20.4 Å². The van der Waals surface area contributed by atoms with E-state index in [0.717, 1.165) is 11.4 Å². The van der Waals surface area contributed by atoms with E-state index in [2.05, 4.69) is 24.4 Å². The van der Waals surface area contributed by atoms with Crippen LogP contribution in [0.2, 0.25) is 0 Å². The van der Waals surface area contributed by atoms with Crippen LogP contribution in [0, 0.1) is 5.92 Å². The van der Waals surface area contributed by atoms with Gasteiger partial charge < -0.3 is 4.84 Å². The van der Waals surface area contributed by atoms with E-state index in [4.69, 9.17) is 4.84 Å². The third-order valence-corrected chi connectivity index (χ3v) is 2.44. The van der Waals surface area contributed by atoms with Gasteiger partial charge in [-0.1, -0.05) is 32.0 Å². The number of para-hydroxylation sites is 1. The molecule has 0 aliphatic carbocycles. The van der Waals surface area contributed by atoms with Gasteiger partial charge in [0.1, 0.15) is 0 Å². The molecule has 1 aromatic heterocycles. The van der Waals surface area contributed by atoms with Crippen molar-refractivity contribution in [3.63, 3.8) is 0 Å². The standard InChI is InChI=1S/C14H19N3O/c1-12(2)11-18-15-10-13-8-9-17(16-13)14-6-4-3-5-7-14/h3-9,12,15H,10-11H2,1-2H3. The molecule has 4 heteroatoms. The summed E-state index contributed by atoms with van der Waals surface area (Å²) in [6.45, 7) is 5.56. The molecule has 1 heterocycles. The van der Waals surface area contributed by atoms with Gasteiger partial charge in [-0.3, -0.25) is 0 Å². The Morgan fingerprint density at radius 3 is 2.72 bits per heavy atom. The fourth-order valence-electron chi connectivity index (χ4n) is 1.53. The van der Waals surface area contributed by atoms with Crippen molar-refractivity contribution in [2.75, 3.05) is 6.61 Å². The maximum absolute atomic E-state index is 5.31. The topological polar surface area (TPSA) is 39.1 Å². The van der Waals surface area contributed by atoms with Crippen molar-refractivity contribution >= 4 is 0 Å². The quantitative estimate of drug-likeness (QED) is 0.628. The van der Waals surface area contributed by atoms with Gasteiger partial charge in [0.25, 0.3) is 0 Å². The van der Waals surface area contributed by atoms with E-state index in [1.165, 1.54) is 0 Å². The zero-order valence-corrected chi connectivity index (χ0v) is 10.8. The van der Waals surface area contributed by atoms with Gasteiger partial charge in [0.2, 0.25) is 0 Å². The molecule has 0 unspecified atom stereocenters. The fourth-order valence-corrected chi connectivity index (χ4v) is 1.53. The zero-order valence-electron chi connectivity index (χ0n) is 10.8. The van der Waals surface area contributed by atoms with E-state index >= 15 is 0 Å². The first-order valence-corrected chi connectivity index (χ1v) is 6.20. The fraction of sp³-hybridized carbons (Fsp3) is 0.357. The summed E-state index contributed by atoms with van der Waals surface area (Å²) in [5.41, 5.74) is 4.94. The molecule has 0 spiro atoms. The highest BCUT2D eigenvalue weighted by atomic mass is 16.6. The first kappa shape index (κ1) is 12.8. The van der Waals surface area contributed by atoms with Crippen LogP contribution in [-0.4, -0.2) is 16.4 Å². The lowest BCUT2D eigenvalue weighted by atomic mass is 10.2. The molecular formula is C14H19N3O. The first-order chi connectivity index (χ1) is 8.75. The monoisotopic (exact) mass is 245 g/mol. The van der Waals surface area contributed by atoms with Crippen molar-refractivity contribution in [1.82, 2.24) is 15.3 Å².